The number of hydrogen-bond donors (Lipinski definition) is 0. The first-order chi connectivity index (χ1) is 22.8. The highest BCUT2D eigenvalue weighted by atomic mass is 32.2. The molecule has 0 saturated heterocycles. The Morgan fingerprint density at radius 3 is 1.85 bits per heavy atom. The van der Waals surface area contributed by atoms with Crippen molar-refractivity contribution in [3.63, 3.8) is 0 Å². The van der Waals surface area contributed by atoms with E-state index in [1.807, 2.05) is 11.8 Å². The maximum absolute atomic E-state index is 6.43. The van der Waals surface area contributed by atoms with Crippen molar-refractivity contribution in [1.82, 2.24) is 0 Å². The van der Waals surface area contributed by atoms with E-state index in [2.05, 4.69) is 158 Å². The molecule has 0 atom stereocenters. The number of furan rings is 1. The van der Waals surface area contributed by atoms with Gasteiger partial charge in [-0.25, -0.2) is 0 Å². The van der Waals surface area contributed by atoms with Crippen molar-refractivity contribution in [2.45, 2.75) is 9.79 Å². The van der Waals surface area contributed by atoms with E-state index in [1.54, 1.807) is 0 Å². The second-order valence-electron chi connectivity index (χ2n) is 12.0. The van der Waals surface area contributed by atoms with E-state index < -0.39 is 0 Å². The predicted molar refractivity (Wildman–Crippen MR) is 195 cm³/mol. The Bertz CT molecular complexity index is 2640. The Morgan fingerprint density at radius 2 is 1.00 bits per heavy atom. The summed E-state index contributed by atoms with van der Waals surface area (Å²) in [6.45, 7) is 0. The first-order valence-electron chi connectivity index (χ1n) is 15.7. The Kier molecular flexibility index (Phi) is 5.58. The minimum absolute atomic E-state index is 0.921. The molecule has 0 aliphatic carbocycles. The maximum atomic E-state index is 6.43. The van der Waals surface area contributed by atoms with Crippen LogP contribution in [-0.2, 0) is 0 Å². The van der Waals surface area contributed by atoms with Gasteiger partial charge in [0.15, 0.2) is 0 Å². The molecule has 1 aliphatic heterocycles. The summed E-state index contributed by atoms with van der Waals surface area (Å²) in [6.07, 6.45) is 0. The normalized spacial score (nSPS) is 12.3. The fraction of sp³-hybridized carbons (Fsp3) is 0. The van der Waals surface area contributed by atoms with Crippen LogP contribution in [0, 0.1) is 0 Å². The van der Waals surface area contributed by atoms with Crippen molar-refractivity contribution in [3.05, 3.63) is 158 Å². The van der Waals surface area contributed by atoms with Gasteiger partial charge in [0.25, 0.3) is 0 Å². The van der Waals surface area contributed by atoms with E-state index in [-0.39, 0.29) is 0 Å². The van der Waals surface area contributed by atoms with Gasteiger partial charge < -0.3 is 4.42 Å². The molecule has 1 aliphatic rings. The monoisotopic (exact) mass is 602 g/mol. The average Bonchev–Trinajstić information content (AvgIpc) is 3.52. The molecule has 0 unspecified atom stereocenters. The van der Waals surface area contributed by atoms with Crippen LogP contribution in [0.25, 0.3) is 88.0 Å². The number of benzene rings is 8. The molecule has 0 spiro atoms. The van der Waals surface area contributed by atoms with Gasteiger partial charge in [-0.2, -0.15) is 0 Å². The zero-order chi connectivity index (χ0) is 30.2. The third-order valence-corrected chi connectivity index (χ3v) is 10.6. The Morgan fingerprint density at radius 1 is 0.348 bits per heavy atom. The molecular weight excluding hydrogens is 577 g/mol. The number of rotatable bonds is 3. The molecule has 9 aromatic rings. The molecule has 8 aromatic carbocycles. The third-order valence-electron chi connectivity index (χ3n) is 9.51. The fourth-order valence-electron chi connectivity index (χ4n) is 7.31. The average molecular weight is 603 g/mol. The highest BCUT2D eigenvalue weighted by Crippen LogP contribution is 2.49. The second kappa shape index (κ2) is 9.97. The zero-order valence-corrected chi connectivity index (χ0v) is 25.6. The second-order valence-corrected chi connectivity index (χ2v) is 13.1. The van der Waals surface area contributed by atoms with Gasteiger partial charge in [0.2, 0.25) is 0 Å². The van der Waals surface area contributed by atoms with E-state index in [4.69, 9.17) is 4.42 Å². The largest absolute Gasteiger partial charge is 0.455 e. The lowest BCUT2D eigenvalue weighted by Gasteiger charge is -2.21. The topological polar surface area (TPSA) is 13.1 Å². The van der Waals surface area contributed by atoms with Crippen LogP contribution in [0.1, 0.15) is 0 Å². The van der Waals surface area contributed by atoms with Crippen LogP contribution in [0.4, 0.5) is 0 Å². The van der Waals surface area contributed by atoms with Crippen molar-refractivity contribution in [2.24, 2.45) is 0 Å². The Labute approximate surface area is 270 Å². The molecule has 0 bridgehead atoms. The number of hydrogen-bond acceptors (Lipinski definition) is 2. The zero-order valence-electron chi connectivity index (χ0n) is 24.8. The van der Waals surface area contributed by atoms with Crippen molar-refractivity contribution < 1.29 is 4.42 Å². The van der Waals surface area contributed by atoms with Crippen molar-refractivity contribution in [3.8, 4) is 44.5 Å². The van der Waals surface area contributed by atoms with Gasteiger partial charge in [-0.05, 0) is 79.5 Å². The van der Waals surface area contributed by atoms with E-state index >= 15 is 0 Å². The summed E-state index contributed by atoms with van der Waals surface area (Å²) in [6, 6.07) is 57.2. The quantitative estimate of drug-likeness (QED) is 0.200. The lowest BCUT2D eigenvalue weighted by atomic mass is 9.91. The summed E-state index contributed by atoms with van der Waals surface area (Å²) in [7, 11) is 0. The first kappa shape index (κ1) is 25.7. The van der Waals surface area contributed by atoms with Gasteiger partial charge in [-0.1, -0.05) is 145 Å². The molecule has 1 nitrogen and oxygen atoms in total. The SMILES string of the molecule is c1ccc2c(c1)Sc1ccc(-c3ccc(-c4ccc(-c5cccc6oc7c8ccccc8ccc7c56)cc4)cc3)c3cccc-2c13. The Hall–Kier alpha value is -5.57. The van der Waals surface area contributed by atoms with E-state index in [0.717, 1.165) is 21.9 Å². The molecule has 10 rings (SSSR count). The molecule has 0 amide bonds. The van der Waals surface area contributed by atoms with Crippen LogP contribution in [0.5, 0.6) is 0 Å². The van der Waals surface area contributed by atoms with E-state index in [1.165, 1.54) is 75.8 Å². The molecule has 214 valence electrons. The summed E-state index contributed by atoms with van der Waals surface area (Å²) in [5, 5.41) is 7.34. The molecule has 0 saturated carbocycles. The van der Waals surface area contributed by atoms with Gasteiger partial charge in [0, 0.05) is 31.3 Å². The van der Waals surface area contributed by atoms with Gasteiger partial charge in [-0.15, -0.1) is 0 Å². The summed E-state index contributed by atoms with van der Waals surface area (Å²) in [5.74, 6) is 0. The standard InChI is InChI=1S/C44H26OS/c1-2-8-34-29(7-1)23-24-38-42-33(10-6-13-39(42)45-44(34)38)31-21-17-28(18-22-31)27-15-19-30(20-16-27)32-25-26-41-43-36(32)11-5-12-37(43)35-9-3-4-14-40(35)46-41/h1-26H. The van der Waals surface area contributed by atoms with Crippen LogP contribution in [0.15, 0.2) is 172 Å². The fourth-order valence-corrected chi connectivity index (χ4v) is 8.44. The smallest absolute Gasteiger partial charge is 0.143 e. The molecule has 0 fully saturated rings. The summed E-state index contributed by atoms with van der Waals surface area (Å²) < 4.78 is 6.43. The third kappa shape index (κ3) is 3.84. The van der Waals surface area contributed by atoms with Gasteiger partial charge in [0.05, 0.1) is 0 Å². The molecule has 1 aromatic heterocycles. The number of fused-ring (bicyclic) bond motifs is 7. The molecule has 0 N–H and O–H groups in total. The van der Waals surface area contributed by atoms with Gasteiger partial charge in [0.1, 0.15) is 11.2 Å². The van der Waals surface area contributed by atoms with Gasteiger partial charge >= 0.3 is 0 Å². The maximum Gasteiger partial charge on any atom is 0.143 e. The lowest BCUT2D eigenvalue weighted by Crippen LogP contribution is -1.94. The van der Waals surface area contributed by atoms with Crippen molar-refractivity contribution >= 4 is 55.2 Å². The van der Waals surface area contributed by atoms with E-state index in [9.17, 15) is 0 Å². The van der Waals surface area contributed by atoms with Crippen LogP contribution in [0.3, 0.4) is 0 Å². The predicted octanol–water partition coefficient (Wildman–Crippen LogP) is 13.0. The lowest BCUT2D eigenvalue weighted by molar-refractivity contribution is 0.673. The van der Waals surface area contributed by atoms with Crippen LogP contribution >= 0.6 is 11.8 Å². The highest BCUT2D eigenvalue weighted by molar-refractivity contribution is 7.99. The van der Waals surface area contributed by atoms with Gasteiger partial charge in [-0.3, -0.25) is 0 Å². The van der Waals surface area contributed by atoms with Crippen LogP contribution < -0.4 is 0 Å². The summed E-state index contributed by atoms with van der Waals surface area (Å²) in [4.78, 5) is 2.66. The Balaban J connectivity index is 1.01. The van der Waals surface area contributed by atoms with Crippen LogP contribution in [-0.4, -0.2) is 0 Å². The highest BCUT2D eigenvalue weighted by Gasteiger charge is 2.20. The molecule has 2 heterocycles. The molecule has 0 radical (unpaired) electrons. The van der Waals surface area contributed by atoms with Crippen LogP contribution in [0.2, 0.25) is 0 Å². The summed E-state index contributed by atoms with van der Waals surface area (Å²) >= 11 is 1.87. The summed E-state index contributed by atoms with van der Waals surface area (Å²) in [5.41, 5.74) is 11.8. The minimum atomic E-state index is 0.921. The first-order valence-corrected chi connectivity index (χ1v) is 16.5. The van der Waals surface area contributed by atoms with Crippen molar-refractivity contribution in [1.29, 1.82) is 0 Å². The molecular formula is C44H26OS. The van der Waals surface area contributed by atoms with E-state index in [0.29, 0.717) is 0 Å². The van der Waals surface area contributed by atoms with Crippen molar-refractivity contribution in [2.75, 3.05) is 0 Å². The molecule has 46 heavy (non-hydrogen) atoms. The molecule has 2 heteroatoms. The minimum Gasteiger partial charge on any atom is -0.455 e.